The molecule has 0 amide bonds. The first-order valence-electron chi connectivity index (χ1n) is 10.1. The van der Waals surface area contributed by atoms with E-state index in [1.807, 2.05) is 62.4 Å². The van der Waals surface area contributed by atoms with Crippen LogP contribution in [0.15, 0.2) is 70.5 Å². The van der Waals surface area contributed by atoms with E-state index in [0.29, 0.717) is 5.57 Å². The fraction of sp³-hybridized carbons (Fsp3) is 0.231. The summed E-state index contributed by atoms with van der Waals surface area (Å²) >= 11 is 3.26. The van der Waals surface area contributed by atoms with E-state index in [-0.39, 0.29) is 11.6 Å². The van der Waals surface area contributed by atoms with Gasteiger partial charge in [0.2, 0.25) is 0 Å². The Hall–Kier alpha value is -2.30. The summed E-state index contributed by atoms with van der Waals surface area (Å²) in [5.74, 6) is 1.42. The van der Waals surface area contributed by atoms with Crippen LogP contribution in [0.1, 0.15) is 35.1 Å². The number of carbonyl (C=O) groups is 2. The number of rotatable bonds is 6. The van der Waals surface area contributed by atoms with Crippen LogP contribution in [-0.2, 0) is 9.59 Å². The van der Waals surface area contributed by atoms with Gasteiger partial charge in [0, 0.05) is 0 Å². The summed E-state index contributed by atoms with van der Waals surface area (Å²) in [5, 5.41) is 0. The first kappa shape index (κ1) is 22.4. The van der Waals surface area contributed by atoms with Crippen molar-refractivity contribution in [3.63, 3.8) is 0 Å². The third-order valence-electron chi connectivity index (χ3n) is 4.71. The number of carbonyl (C=O) groups excluding carboxylic acids is 2. The average Bonchev–Trinajstić information content (AvgIpc) is 3.02. The molecule has 0 atom stereocenters. The summed E-state index contributed by atoms with van der Waals surface area (Å²) in [6.07, 6.45) is 8.83. The number of hydrogen-bond donors (Lipinski definition) is 0. The second-order valence-corrected chi connectivity index (χ2v) is 9.75. The van der Waals surface area contributed by atoms with Gasteiger partial charge in [-0.25, -0.2) is 0 Å². The van der Waals surface area contributed by atoms with Crippen molar-refractivity contribution in [2.45, 2.75) is 26.7 Å². The molecule has 0 aromatic heterocycles. The van der Waals surface area contributed by atoms with Crippen LogP contribution >= 0.6 is 23.5 Å². The molecule has 3 rings (SSSR count). The third-order valence-corrected chi connectivity index (χ3v) is 7.34. The molecule has 0 radical (unpaired) electrons. The van der Waals surface area contributed by atoms with Gasteiger partial charge in [0.25, 0.3) is 0 Å². The zero-order valence-electron chi connectivity index (χ0n) is 17.4. The Morgan fingerprint density at radius 2 is 1.10 bits per heavy atom. The van der Waals surface area contributed by atoms with E-state index in [1.165, 1.54) is 23.3 Å². The van der Waals surface area contributed by atoms with Gasteiger partial charge in [-0.15, -0.1) is 23.5 Å². The highest BCUT2D eigenvalue weighted by Gasteiger charge is 2.21. The van der Waals surface area contributed by atoms with Gasteiger partial charge in [0.05, 0.1) is 9.81 Å². The molecule has 0 aliphatic carbocycles. The van der Waals surface area contributed by atoms with E-state index >= 15 is 0 Å². The van der Waals surface area contributed by atoms with Gasteiger partial charge in [-0.1, -0.05) is 71.8 Å². The highest BCUT2D eigenvalue weighted by Crippen LogP contribution is 2.37. The molecular formula is C26H26O2S2. The van der Waals surface area contributed by atoms with Crippen molar-refractivity contribution in [1.82, 2.24) is 0 Å². The van der Waals surface area contributed by atoms with Gasteiger partial charge in [0.1, 0.15) is 0 Å². The molecule has 1 aliphatic rings. The van der Waals surface area contributed by atoms with Crippen molar-refractivity contribution < 1.29 is 9.59 Å². The Morgan fingerprint density at radius 1 is 0.700 bits per heavy atom. The molecule has 2 aromatic carbocycles. The smallest absolute Gasteiger partial charge is 0.191 e. The van der Waals surface area contributed by atoms with E-state index in [0.717, 1.165) is 39.7 Å². The molecular weight excluding hydrogens is 408 g/mol. The Balaban J connectivity index is 1.86. The average molecular weight is 435 g/mol. The highest BCUT2D eigenvalue weighted by molar-refractivity contribution is 8.22. The van der Waals surface area contributed by atoms with E-state index in [1.54, 1.807) is 35.7 Å². The summed E-state index contributed by atoms with van der Waals surface area (Å²) < 4.78 is 0.851. The van der Waals surface area contributed by atoms with E-state index in [9.17, 15) is 9.59 Å². The minimum absolute atomic E-state index is 0.231. The van der Waals surface area contributed by atoms with Gasteiger partial charge >= 0.3 is 0 Å². The highest BCUT2D eigenvalue weighted by atomic mass is 32.2. The number of benzene rings is 2. The molecule has 4 heteroatoms. The lowest BCUT2D eigenvalue weighted by molar-refractivity contribution is -0.116. The molecule has 0 saturated carbocycles. The maximum atomic E-state index is 13.1. The van der Waals surface area contributed by atoms with Crippen LogP contribution in [0, 0.1) is 13.8 Å². The van der Waals surface area contributed by atoms with E-state index < -0.39 is 0 Å². The zero-order valence-corrected chi connectivity index (χ0v) is 19.0. The molecule has 2 aromatic rings. The van der Waals surface area contributed by atoms with Crippen molar-refractivity contribution in [1.29, 1.82) is 0 Å². The third kappa shape index (κ3) is 6.61. The molecule has 0 unspecified atom stereocenters. The second kappa shape index (κ2) is 11.2. The normalized spacial score (nSPS) is 14.8. The van der Waals surface area contributed by atoms with Gasteiger partial charge in [-0.3, -0.25) is 9.59 Å². The summed E-state index contributed by atoms with van der Waals surface area (Å²) in [4.78, 5) is 26.1. The maximum Gasteiger partial charge on any atom is 0.191 e. The fourth-order valence-electron chi connectivity index (χ4n) is 2.91. The van der Waals surface area contributed by atoms with Crippen LogP contribution in [0.25, 0.3) is 12.2 Å². The Bertz CT molecular complexity index is 901. The summed E-state index contributed by atoms with van der Waals surface area (Å²) in [6, 6.07) is 15.9. The lowest BCUT2D eigenvalue weighted by Crippen LogP contribution is -2.10. The summed E-state index contributed by atoms with van der Waals surface area (Å²) in [5.41, 5.74) is 4.52. The molecule has 1 heterocycles. The topological polar surface area (TPSA) is 34.1 Å². The van der Waals surface area contributed by atoms with Crippen LogP contribution in [0.5, 0.6) is 0 Å². The number of hydrogen-bond acceptors (Lipinski definition) is 4. The first-order chi connectivity index (χ1) is 14.5. The molecule has 0 spiro atoms. The van der Waals surface area contributed by atoms with Crippen LogP contribution in [-0.4, -0.2) is 23.1 Å². The molecule has 2 nitrogen and oxygen atoms in total. The SMILES string of the molecule is Cc1ccc(C=CC(=O)C(C(=O)C=Cc2ccc(C)cc2)=C2SCCCCS2)cc1. The second-order valence-electron chi connectivity index (χ2n) is 7.28. The summed E-state index contributed by atoms with van der Waals surface area (Å²) in [7, 11) is 0. The quantitative estimate of drug-likeness (QED) is 0.290. The zero-order chi connectivity index (χ0) is 21.3. The van der Waals surface area contributed by atoms with Crippen molar-refractivity contribution in [2.75, 3.05) is 11.5 Å². The van der Waals surface area contributed by atoms with Gasteiger partial charge in [-0.05, 0) is 61.5 Å². The molecule has 0 bridgehead atoms. The van der Waals surface area contributed by atoms with Crippen LogP contribution < -0.4 is 0 Å². The van der Waals surface area contributed by atoms with Gasteiger partial charge < -0.3 is 0 Å². The van der Waals surface area contributed by atoms with Crippen LogP contribution in [0.2, 0.25) is 0 Å². The minimum Gasteiger partial charge on any atom is -0.289 e. The van der Waals surface area contributed by atoms with Crippen molar-refractivity contribution in [3.8, 4) is 0 Å². The maximum absolute atomic E-state index is 13.1. The van der Waals surface area contributed by atoms with Crippen LogP contribution in [0.3, 0.4) is 0 Å². The number of thioether (sulfide) groups is 2. The van der Waals surface area contributed by atoms with E-state index in [4.69, 9.17) is 0 Å². The predicted octanol–water partition coefficient (Wildman–Crippen LogP) is 6.64. The summed E-state index contributed by atoms with van der Waals surface area (Å²) in [6.45, 7) is 4.06. The number of allylic oxidation sites excluding steroid dienone is 3. The number of ketones is 2. The largest absolute Gasteiger partial charge is 0.289 e. The van der Waals surface area contributed by atoms with Crippen LogP contribution in [0.4, 0.5) is 0 Å². The van der Waals surface area contributed by atoms with Gasteiger partial charge in [-0.2, -0.15) is 0 Å². The molecule has 1 aliphatic heterocycles. The van der Waals surface area contributed by atoms with Crippen molar-refractivity contribution >= 4 is 47.2 Å². The molecule has 1 fully saturated rings. The van der Waals surface area contributed by atoms with E-state index in [2.05, 4.69) is 0 Å². The molecule has 30 heavy (non-hydrogen) atoms. The lowest BCUT2D eigenvalue weighted by atomic mass is 10.0. The predicted molar refractivity (Wildman–Crippen MR) is 132 cm³/mol. The molecule has 1 saturated heterocycles. The number of aryl methyl sites for hydroxylation is 2. The standard InChI is InChI=1S/C26H26O2S2/c1-19-5-9-21(10-6-19)13-15-23(27)25(26-29-17-3-4-18-30-26)24(28)16-14-22-11-7-20(2)8-12-22/h5-16H,3-4,17-18H2,1-2H3. The minimum atomic E-state index is -0.231. The lowest BCUT2D eigenvalue weighted by Gasteiger charge is -2.08. The Labute approximate surface area is 187 Å². The first-order valence-corrected chi connectivity index (χ1v) is 12.1. The Kier molecular flexibility index (Phi) is 8.35. The fourth-order valence-corrected chi connectivity index (χ4v) is 5.50. The van der Waals surface area contributed by atoms with Crippen molar-refractivity contribution in [2.24, 2.45) is 0 Å². The molecule has 154 valence electrons. The Morgan fingerprint density at radius 3 is 1.50 bits per heavy atom. The molecule has 0 N–H and O–H groups in total. The monoisotopic (exact) mass is 434 g/mol. The van der Waals surface area contributed by atoms with Crippen molar-refractivity contribution in [3.05, 3.63) is 92.7 Å². The van der Waals surface area contributed by atoms with Gasteiger partial charge in [0.15, 0.2) is 11.6 Å².